The summed E-state index contributed by atoms with van der Waals surface area (Å²) in [6.45, 7) is 8.75. The summed E-state index contributed by atoms with van der Waals surface area (Å²) in [6, 6.07) is 0.636. The fraction of sp³-hybridized carbons (Fsp3) is 0.750. The topological polar surface area (TPSA) is 44.0 Å². The minimum absolute atomic E-state index is 0.636. The molecule has 1 saturated heterocycles. The van der Waals surface area contributed by atoms with Gasteiger partial charge in [-0.15, -0.1) is 0 Å². The maximum absolute atomic E-state index is 4.21. The molecule has 4 nitrogen and oxygen atoms in total. The van der Waals surface area contributed by atoms with Gasteiger partial charge in [0.25, 0.3) is 0 Å². The van der Waals surface area contributed by atoms with Gasteiger partial charge >= 0.3 is 0 Å². The van der Waals surface area contributed by atoms with Crippen LogP contribution in [0.2, 0.25) is 0 Å². The lowest BCUT2D eigenvalue weighted by Gasteiger charge is -2.32. The Labute approximate surface area is 97.4 Å². The van der Waals surface area contributed by atoms with Gasteiger partial charge in [-0.1, -0.05) is 6.92 Å². The molecular weight excluding hydrogens is 200 g/mol. The SMILES string of the molecule is CCN1CCCC(NCc2cnc(C)[nH]2)C1. The summed E-state index contributed by atoms with van der Waals surface area (Å²) in [7, 11) is 0. The van der Waals surface area contributed by atoms with Gasteiger partial charge < -0.3 is 15.2 Å². The van der Waals surface area contributed by atoms with Crippen LogP contribution in [0.5, 0.6) is 0 Å². The van der Waals surface area contributed by atoms with Crippen molar-refractivity contribution < 1.29 is 0 Å². The Hall–Kier alpha value is -0.870. The van der Waals surface area contributed by atoms with E-state index in [1.807, 2.05) is 13.1 Å². The van der Waals surface area contributed by atoms with E-state index in [0.717, 1.165) is 12.4 Å². The summed E-state index contributed by atoms with van der Waals surface area (Å²) in [4.78, 5) is 9.97. The van der Waals surface area contributed by atoms with Crippen LogP contribution in [0, 0.1) is 6.92 Å². The van der Waals surface area contributed by atoms with Crippen molar-refractivity contribution in [2.24, 2.45) is 0 Å². The van der Waals surface area contributed by atoms with Gasteiger partial charge in [-0.05, 0) is 32.9 Å². The van der Waals surface area contributed by atoms with E-state index in [4.69, 9.17) is 0 Å². The van der Waals surface area contributed by atoms with Crippen molar-refractivity contribution >= 4 is 0 Å². The molecule has 2 heterocycles. The Balaban J connectivity index is 1.77. The van der Waals surface area contributed by atoms with E-state index in [2.05, 4.69) is 27.1 Å². The molecule has 1 aromatic heterocycles. The molecule has 0 bridgehead atoms. The highest BCUT2D eigenvalue weighted by Gasteiger charge is 2.17. The van der Waals surface area contributed by atoms with Crippen molar-refractivity contribution in [2.75, 3.05) is 19.6 Å². The lowest BCUT2D eigenvalue weighted by atomic mass is 10.1. The summed E-state index contributed by atoms with van der Waals surface area (Å²) >= 11 is 0. The van der Waals surface area contributed by atoms with Gasteiger partial charge in [-0.3, -0.25) is 0 Å². The first kappa shape index (κ1) is 11.6. The second-order valence-corrected chi connectivity index (χ2v) is 4.61. The number of piperidine rings is 1. The first-order chi connectivity index (χ1) is 7.78. The standard InChI is InChI=1S/C12H22N4/c1-3-16-6-4-5-11(9-16)14-8-12-7-13-10(2)15-12/h7,11,14H,3-6,8-9H2,1-2H3,(H,13,15). The summed E-state index contributed by atoms with van der Waals surface area (Å²) in [5, 5.41) is 3.60. The summed E-state index contributed by atoms with van der Waals surface area (Å²) in [5.41, 5.74) is 1.19. The van der Waals surface area contributed by atoms with Crippen LogP contribution in [0.1, 0.15) is 31.3 Å². The van der Waals surface area contributed by atoms with E-state index >= 15 is 0 Å². The number of aryl methyl sites for hydroxylation is 1. The molecule has 4 heteroatoms. The third kappa shape index (κ3) is 3.06. The van der Waals surface area contributed by atoms with E-state index in [0.29, 0.717) is 6.04 Å². The van der Waals surface area contributed by atoms with E-state index in [1.165, 1.54) is 38.2 Å². The van der Waals surface area contributed by atoms with E-state index in [1.54, 1.807) is 0 Å². The number of aromatic nitrogens is 2. The number of aromatic amines is 1. The van der Waals surface area contributed by atoms with Crippen LogP contribution in [0.4, 0.5) is 0 Å². The molecule has 2 rings (SSSR count). The molecule has 0 amide bonds. The molecule has 1 aliphatic heterocycles. The molecule has 1 fully saturated rings. The summed E-state index contributed by atoms with van der Waals surface area (Å²) in [5.74, 6) is 0.996. The average Bonchev–Trinajstić information content (AvgIpc) is 2.73. The predicted molar refractivity (Wildman–Crippen MR) is 65.3 cm³/mol. The Bertz CT molecular complexity index is 321. The molecule has 1 atom stereocenters. The van der Waals surface area contributed by atoms with Crippen LogP contribution in [0.3, 0.4) is 0 Å². The highest BCUT2D eigenvalue weighted by atomic mass is 15.2. The minimum atomic E-state index is 0.636. The van der Waals surface area contributed by atoms with E-state index in [9.17, 15) is 0 Å². The number of H-pyrrole nitrogens is 1. The third-order valence-corrected chi connectivity index (χ3v) is 3.29. The number of likely N-dealkylation sites (N-methyl/N-ethyl adjacent to an activating group) is 1. The van der Waals surface area contributed by atoms with Crippen LogP contribution in [0.25, 0.3) is 0 Å². The van der Waals surface area contributed by atoms with Gasteiger partial charge in [-0.25, -0.2) is 4.98 Å². The zero-order valence-corrected chi connectivity index (χ0v) is 10.3. The minimum Gasteiger partial charge on any atom is -0.345 e. The molecule has 1 unspecified atom stereocenters. The summed E-state index contributed by atoms with van der Waals surface area (Å²) < 4.78 is 0. The Kier molecular flexibility index (Phi) is 3.96. The van der Waals surface area contributed by atoms with Crippen molar-refractivity contribution in [1.29, 1.82) is 0 Å². The lowest BCUT2D eigenvalue weighted by Crippen LogP contribution is -2.45. The fourth-order valence-corrected chi connectivity index (χ4v) is 2.33. The normalized spacial score (nSPS) is 22.5. The lowest BCUT2D eigenvalue weighted by molar-refractivity contribution is 0.198. The first-order valence-electron chi connectivity index (χ1n) is 6.24. The average molecular weight is 222 g/mol. The second-order valence-electron chi connectivity index (χ2n) is 4.61. The number of nitrogens with one attached hydrogen (secondary N) is 2. The van der Waals surface area contributed by atoms with E-state index in [-0.39, 0.29) is 0 Å². The monoisotopic (exact) mass is 222 g/mol. The number of nitrogens with zero attached hydrogens (tertiary/aromatic N) is 2. The number of hydrogen-bond acceptors (Lipinski definition) is 3. The molecule has 2 N–H and O–H groups in total. The zero-order valence-electron chi connectivity index (χ0n) is 10.3. The zero-order chi connectivity index (χ0) is 11.4. The van der Waals surface area contributed by atoms with E-state index < -0.39 is 0 Å². The Morgan fingerprint density at radius 3 is 3.19 bits per heavy atom. The van der Waals surface area contributed by atoms with Gasteiger partial charge in [0.15, 0.2) is 0 Å². The molecule has 1 aromatic rings. The third-order valence-electron chi connectivity index (χ3n) is 3.29. The Morgan fingerprint density at radius 2 is 2.50 bits per heavy atom. The van der Waals surface area contributed by atoms with Crippen LogP contribution >= 0.6 is 0 Å². The second kappa shape index (κ2) is 5.46. The molecule has 1 aliphatic rings. The first-order valence-corrected chi connectivity index (χ1v) is 6.24. The smallest absolute Gasteiger partial charge is 0.103 e. The van der Waals surface area contributed by atoms with Crippen molar-refractivity contribution in [3.8, 4) is 0 Å². The van der Waals surface area contributed by atoms with Crippen LogP contribution in [-0.2, 0) is 6.54 Å². The number of rotatable bonds is 4. The maximum Gasteiger partial charge on any atom is 0.103 e. The van der Waals surface area contributed by atoms with Crippen molar-refractivity contribution in [3.05, 3.63) is 17.7 Å². The highest BCUT2D eigenvalue weighted by molar-refractivity contribution is 4.99. The number of likely N-dealkylation sites (tertiary alicyclic amines) is 1. The molecule has 0 aromatic carbocycles. The highest BCUT2D eigenvalue weighted by Crippen LogP contribution is 2.10. The predicted octanol–water partition coefficient (Wildman–Crippen LogP) is 1.29. The largest absolute Gasteiger partial charge is 0.345 e. The fourth-order valence-electron chi connectivity index (χ4n) is 2.33. The molecular formula is C12H22N4. The van der Waals surface area contributed by atoms with Gasteiger partial charge in [0.05, 0.1) is 0 Å². The molecule has 0 saturated carbocycles. The van der Waals surface area contributed by atoms with Crippen molar-refractivity contribution in [1.82, 2.24) is 20.2 Å². The van der Waals surface area contributed by atoms with Gasteiger partial charge in [0.2, 0.25) is 0 Å². The van der Waals surface area contributed by atoms with Gasteiger partial charge in [-0.2, -0.15) is 0 Å². The molecule has 0 aliphatic carbocycles. The summed E-state index contributed by atoms with van der Waals surface area (Å²) in [6.07, 6.45) is 4.53. The van der Waals surface area contributed by atoms with Crippen LogP contribution in [-0.4, -0.2) is 40.5 Å². The van der Waals surface area contributed by atoms with Crippen molar-refractivity contribution in [2.45, 2.75) is 39.3 Å². The van der Waals surface area contributed by atoms with Crippen LogP contribution in [0.15, 0.2) is 6.20 Å². The quantitative estimate of drug-likeness (QED) is 0.807. The van der Waals surface area contributed by atoms with Gasteiger partial charge in [0, 0.05) is 31.0 Å². The molecule has 90 valence electrons. The number of hydrogen-bond donors (Lipinski definition) is 2. The number of imidazole rings is 1. The molecule has 0 radical (unpaired) electrons. The van der Waals surface area contributed by atoms with Gasteiger partial charge in [0.1, 0.15) is 5.82 Å². The molecule has 0 spiro atoms. The Morgan fingerprint density at radius 1 is 1.62 bits per heavy atom. The maximum atomic E-state index is 4.21. The van der Waals surface area contributed by atoms with Crippen molar-refractivity contribution in [3.63, 3.8) is 0 Å². The molecule has 16 heavy (non-hydrogen) atoms. The van der Waals surface area contributed by atoms with Crippen LogP contribution < -0.4 is 5.32 Å².